The van der Waals surface area contributed by atoms with Gasteiger partial charge in [-0.15, -0.1) is 0 Å². The summed E-state index contributed by atoms with van der Waals surface area (Å²) in [7, 11) is -3.92. The number of hydrogen-bond acceptors (Lipinski definition) is 5. The van der Waals surface area contributed by atoms with Crippen LogP contribution in [0.5, 0.6) is 0 Å². The molecule has 0 atom stereocenters. The van der Waals surface area contributed by atoms with Crippen LogP contribution in [-0.4, -0.2) is 36.7 Å². The van der Waals surface area contributed by atoms with Crippen LogP contribution in [0.2, 0.25) is 0 Å². The minimum Gasteiger partial charge on any atom is -0.475 e. The number of carboxylic acid groups (broad SMARTS) is 1. The van der Waals surface area contributed by atoms with Gasteiger partial charge in [0.2, 0.25) is 10.9 Å². The summed E-state index contributed by atoms with van der Waals surface area (Å²) in [6.07, 6.45) is 1.10. The Balaban J connectivity index is 2.22. The predicted octanol–water partition coefficient (Wildman–Crippen LogP) is -0.219. The Hall–Kier alpha value is -1.38. The Morgan fingerprint density at radius 3 is 2.53 bits per heavy atom. The summed E-state index contributed by atoms with van der Waals surface area (Å²) in [5, 5.41) is 17.2. The Bertz CT molecular complexity index is 542. The lowest BCUT2D eigenvalue weighted by Crippen LogP contribution is -2.39. The first-order valence-corrected chi connectivity index (χ1v) is 6.35. The maximum absolute atomic E-state index is 11.8. The zero-order valence-electron chi connectivity index (χ0n) is 8.71. The minimum absolute atomic E-state index is 0.293. The normalized spacial score (nSPS) is 17.9. The van der Waals surface area contributed by atoms with Crippen LogP contribution in [0.3, 0.4) is 0 Å². The second kappa shape index (κ2) is 3.83. The van der Waals surface area contributed by atoms with E-state index < -0.39 is 32.4 Å². The van der Waals surface area contributed by atoms with E-state index in [0.717, 1.165) is 12.1 Å². The molecule has 0 aromatic carbocycles. The van der Waals surface area contributed by atoms with Crippen molar-refractivity contribution in [1.82, 2.24) is 4.72 Å². The number of aromatic carboxylic acids is 1. The molecule has 0 saturated heterocycles. The zero-order chi connectivity index (χ0) is 12.7. The fourth-order valence-corrected chi connectivity index (χ4v) is 2.74. The minimum atomic E-state index is -3.92. The average molecular weight is 261 g/mol. The second-order valence-electron chi connectivity index (χ2n) is 3.97. The lowest BCUT2D eigenvalue weighted by atomic mass is 10.3. The third-order valence-electron chi connectivity index (χ3n) is 2.56. The van der Waals surface area contributed by atoms with Gasteiger partial charge < -0.3 is 14.6 Å². The molecule has 0 aliphatic heterocycles. The van der Waals surface area contributed by atoms with Crippen LogP contribution in [0.1, 0.15) is 23.4 Å². The van der Waals surface area contributed by atoms with E-state index in [9.17, 15) is 13.2 Å². The lowest BCUT2D eigenvalue weighted by Gasteiger charge is -2.12. The Kier molecular flexibility index (Phi) is 2.72. The van der Waals surface area contributed by atoms with E-state index in [2.05, 4.69) is 4.72 Å². The molecule has 2 rings (SSSR count). The van der Waals surface area contributed by atoms with Crippen molar-refractivity contribution >= 4 is 16.0 Å². The molecule has 1 aliphatic carbocycles. The number of aliphatic hydroxyl groups is 1. The van der Waals surface area contributed by atoms with Crippen molar-refractivity contribution in [2.75, 3.05) is 6.61 Å². The maximum atomic E-state index is 11.8. The number of carboxylic acids is 1. The number of sulfonamides is 1. The van der Waals surface area contributed by atoms with Crippen molar-refractivity contribution in [2.24, 2.45) is 0 Å². The molecule has 0 amide bonds. The molecule has 17 heavy (non-hydrogen) atoms. The summed E-state index contributed by atoms with van der Waals surface area (Å²) in [6, 6.07) is 2.13. The largest absolute Gasteiger partial charge is 0.475 e. The third kappa shape index (κ3) is 2.33. The van der Waals surface area contributed by atoms with Gasteiger partial charge in [0.25, 0.3) is 10.0 Å². The van der Waals surface area contributed by atoms with Crippen molar-refractivity contribution in [3.8, 4) is 0 Å². The van der Waals surface area contributed by atoms with E-state index in [-0.39, 0.29) is 6.61 Å². The van der Waals surface area contributed by atoms with Gasteiger partial charge in [-0.05, 0) is 25.0 Å². The fraction of sp³-hybridized carbons (Fsp3) is 0.444. The van der Waals surface area contributed by atoms with Crippen LogP contribution < -0.4 is 4.72 Å². The summed E-state index contributed by atoms with van der Waals surface area (Å²) in [6.45, 7) is -0.293. The Morgan fingerprint density at radius 1 is 1.47 bits per heavy atom. The molecule has 0 radical (unpaired) electrons. The highest BCUT2D eigenvalue weighted by atomic mass is 32.2. The first-order valence-electron chi connectivity index (χ1n) is 4.87. The van der Waals surface area contributed by atoms with E-state index in [0.29, 0.717) is 12.8 Å². The van der Waals surface area contributed by atoms with E-state index >= 15 is 0 Å². The first kappa shape index (κ1) is 12.1. The van der Waals surface area contributed by atoms with Crippen molar-refractivity contribution < 1.29 is 27.8 Å². The van der Waals surface area contributed by atoms with Gasteiger partial charge in [-0.1, -0.05) is 0 Å². The Morgan fingerprint density at radius 2 is 2.12 bits per heavy atom. The molecular formula is C9H11NO6S. The maximum Gasteiger partial charge on any atom is 0.371 e. The molecular weight excluding hydrogens is 250 g/mol. The van der Waals surface area contributed by atoms with Gasteiger partial charge in [0.05, 0.1) is 12.1 Å². The molecule has 94 valence electrons. The van der Waals surface area contributed by atoms with Crippen molar-refractivity contribution in [1.29, 1.82) is 0 Å². The number of nitrogens with one attached hydrogen (secondary N) is 1. The smallest absolute Gasteiger partial charge is 0.371 e. The monoisotopic (exact) mass is 261 g/mol. The summed E-state index contributed by atoms with van der Waals surface area (Å²) < 4.78 is 30.5. The number of hydrogen-bond donors (Lipinski definition) is 3. The quantitative estimate of drug-likeness (QED) is 0.674. The van der Waals surface area contributed by atoms with Crippen LogP contribution in [-0.2, 0) is 10.0 Å². The highest BCUT2D eigenvalue weighted by molar-refractivity contribution is 7.89. The predicted molar refractivity (Wildman–Crippen MR) is 55.0 cm³/mol. The standard InChI is InChI=1S/C9H11NO6S/c11-5-9(3-4-9)10-17(14,15)7-2-1-6(16-7)8(12)13/h1-2,10-11H,3-5H2,(H,12,13). The molecule has 1 saturated carbocycles. The number of carbonyl (C=O) groups is 1. The second-order valence-corrected chi connectivity index (χ2v) is 5.58. The highest BCUT2D eigenvalue weighted by Crippen LogP contribution is 2.36. The van der Waals surface area contributed by atoms with Crippen molar-refractivity contribution in [2.45, 2.75) is 23.5 Å². The zero-order valence-corrected chi connectivity index (χ0v) is 9.53. The molecule has 8 heteroatoms. The van der Waals surface area contributed by atoms with Gasteiger partial charge in [0.15, 0.2) is 0 Å². The molecule has 1 aromatic heterocycles. The van der Waals surface area contributed by atoms with E-state index in [1.807, 2.05) is 0 Å². The van der Waals surface area contributed by atoms with Gasteiger partial charge in [-0.3, -0.25) is 0 Å². The highest BCUT2D eigenvalue weighted by Gasteiger charge is 2.46. The van der Waals surface area contributed by atoms with Crippen LogP contribution >= 0.6 is 0 Å². The van der Waals surface area contributed by atoms with Gasteiger partial charge in [-0.2, -0.15) is 0 Å². The molecule has 0 unspecified atom stereocenters. The molecule has 1 heterocycles. The fourth-order valence-electron chi connectivity index (χ4n) is 1.36. The van der Waals surface area contributed by atoms with Gasteiger partial charge in [0, 0.05) is 0 Å². The van der Waals surface area contributed by atoms with Crippen LogP contribution in [0.25, 0.3) is 0 Å². The molecule has 7 nitrogen and oxygen atoms in total. The molecule has 0 bridgehead atoms. The topological polar surface area (TPSA) is 117 Å². The van der Waals surface area contributed by atoms with E-state index in [1.165, 1.54) is 0 Å². The van der Waals surface area contributed by atoms with Gasteiger partial charge in [-0.25, -0.2) is 17.9 Å². The van der Waals surface area contributed by atoms with Crippen LogP contribution in [0, 0.1) is 0 Å². The van der Waals surface area contributed by atoms with Crippen LogP contribution in [0.4, 0.5) is 0 Å². The summed E-state index contributed by atoms with van der Waals surface area (Å²) in [5.41, 5.74) is -0.811. The van der Waals surface area contributed by atoms with Gasteiger partial charge >= 0.3 is 5.97 Å². The van der Waals surface area contributed by atoms with Gasteiger partial charge in [0.1, 0.15) is 0 Å². The molecule has 0 spiro atoms. The number of furan rings is 1. The summed E-state index contributed by atoms with van der Waals surface area (Å²) in [5.74, 6) is -1.78. The van der Waals surface area contributed by atoms with E-state index in [1.54, 1.807) is 0 Å². The summed E-state index contributed by atoms with van der Waals surface area (Å²) in [4.78, 5) is 10.5. The molecule has 3 N–H and O–H groups in total. The van der Waals surface area contributed by atoms with Crippen molar-refractivity contribution in [3.63, 3.8) is 0 Å². The van der Waals surface area contributed by atoms with E-state index in [4.69, 9.17) is 14.6 Å². The molecule has 1 aliphatic rings. The van der Waals surface area contributed by atoms with Crippen molar-refractivity contribution in [3.05, 3.63) is 17.9 Å². The van der Waals surface area contributed by atoms with Crippen LogP contribution in [0.15, 0.2) is 21.6 Å². The summed E-state index contributed by atoms with van der Waals surface area (Å²) >= 11 is 0. The third-order valence-corrected chi connectivity index (χ3v) is 4.01. The Labute approximate surface area is 97.1 Å². The number of rotatable bonds is 5. The molecule has 1 aromatic rings. The average Bonchev–Trinajstić information content (AvgIpc) is 2.82. The SMILES string of the molecule is O=C(O)c1ccc(S(=O)(=O)NC2(CO)CC2)o1. The lowest BCUT2D eigenvalue weighted by molar-refractivity contribution is 0.0656. The number of aliphatic hydroxyl groups excluding tert-OH is 1. The first-order chi connectivity index (χ1) is 7.88. The molecule has 1 fully saturated rings.